The van der Waals surface area contributed by atoms with E-state index in [2.05, 4.69) is 38.3 Å². The van der Waals surface area contributed by atoms with Crippen molar-refractivity contribution in [1.82, 2.24) is 0 Å². The molecule has 0 saturated carbocycles. The Balaban J connectivity index is 2.53. The summed E-state index contributed by atoms with van der Waals surface area (Å²) in [5.74, 6) is 0.673. The van der Waals surface area contributed by atoms with Gasteiger partial charge in [-0.1, -0.05) is 46.1 Å². The summed E-state index contributed by atoms with van der Waals surface area (Å²) in [6, 6.07) is 4.31. The van der Waals surface area contributed by atoms with Crippen LogP contribution >= 0.6 is 11.3 Å². The van der Waals surface area contributed by atoms with Gasteiger partial charge in [0.1, 0.15) is 6.10 Å². The Morgan fingerprint density at radius 1 is 1.26 bits per heavy atom. The summed E-state index contributed by atoms with van der Waals surface area (Å²) in [5.41, 5.74) is 6.22. The van der Waals surface area contributed by atoms with E-state index in [1.807, 2.05) is 0 Å². The summed E-state index contributed by atoms with van der Waals surface area (Å²) in [4.78, 5) is 1.26. The van der Waals surface area contributed by atoms with Gasteiger partial charge in [-0.3, -0.25) is 0 Å². The SMILES string of the molecule is CCCCC(CC)COC(c1cccs1)C(N)CC. The lowest BCUT2D eigenvalue weighted by Gasteiger charge is -2.25. The van der Waals surface area contributed by atoms with Crippen molar-refractivity contribution in [2.45, 2.75) is 65.0 Å². The topological polar surface area (TPSA) is 35.2 Å². The molecule has 1 heterocycles. The van der Waals surface area contributed by atoms with Crippen LogP contribution in [0.2, 0.25) is 0 Å². The third-order valence-corrected chi connectivity index (χ3v) is 4.67. The van der Waals surface area contributed by atoms with Gasteiger partial charge >= 0.3 is 0 Å². The van der Waals surface area contributed by atoms with Crippen LogP contribution in [0.15, 0.2) is 17.5 Å². The van der Waals surface area contributed by atoms with E-state index < -0.39 is 0 Å². The first-order chi connectivity index (χ1) is 9.22. The predicted octanol–water partition coefficient (Wildman–Crippen LogP) is 4.76. The molecule has 0 radical (unpaired) electrons. The molecule has 0 aromatic carbocycles. The lowest BCUT2D eigenvalue weighted by atomic mass is 10.00. The molecule has 0 aliphatic carbocycles. The van der Waals surface area contributed by atoms with E-state index >= 15 is 0 Å². The third kappa shape index (κ3) is 5.64. The second-order valence-electron chi connectivity index (χ2n) is 5.26. The maximum atomic E-state index is 6.22. The number of hydrogen-bond donors (Lipinski definition) is 1. The summed E-state index contributed by atoms with van der Waals surface area (Å²) >= 11 is 1.75. The Labute approximate surface area is 122 Å². The van der Waals surface area contributed by atoms with Crippen molar-refractivity contribution in [3.63, 3.8) is 0 Å². The first-order valence-corrected chi connectivity index (χ1v) is 8.51. The monoisotopic (exact) mass is 283 g/mol. The van der Waals surface area contributed by atoms with Gasteiger partial charge in [0.15, 0.2) is 0 Å². The lowest BCUT2D eigenvalue weighted by Crippen LogP contribution is -2.30. The van der Waals surface area contributed by atoms with Gasteiger partial charge < -0.3 is 10.5 Å². The molecule has 0 aliphatic rings. The number of nitrogens with two attached hydrogens (primary N) is 1. The molecule has 0 aliphatic heterocycles. The summed E-state index contributed by atoms with van der Waals surface area (Å²) in [7, 11) is 0. The molecule has 2 N–H and O–H groups in total. The molecule has 3 heteroatoms. The van der Waals surface area contributed by atoms with Crippen molar-refractivity contribution >= 4 is 11.3 Å². The predicted molar refractivity (Wildman–Crippen MR) is 84.6 cm³/mol. The Morgan fingerprint density at radius 3 is 2.58 bits per heavy atom. The number of rotatable bonds is 10. The largest absolute Gasteiger partial charge is 0.371 e. The first kappa shape index (κ1) is 16.7. The minimum Gasteiger partial charge on any atom is -0.371 e. The van der Waals surface area contributed by atoms with Gasteiger partial charge in [-0.05, 0) is 30.2 Å². The van der Waals surface area contributed by atoms with Gasteiger partial charge in [-0.25, -0.2) is 0 Å². The smallest absolute Gasteiger partial charge is 0.107 e. The fourth-order valence-corrected chi connectivity index (χ4v) is 3.07. The van der Waals surface area contributed by atoms with Crippen LogP contribution in [0.5, 0.6) is 0 Å². The van der Waals surface area contributed by atoms with Gasteiger partial charge in [-0.15, -0.1) is 11.3 Å². The normalized spacial score (nSPS) is 16.2. The van der Waals surface area contributed by atoms with Gasteiger partial charge in [0.25, 0.3) is 0 Å². The zero-order chi connectivity index (χ0) is 14.1. The molecule has 3 unspecified atom stereocenters. The number of hydrogen-bond acceptors (Lipinski definition) is 3. The Hall–Kier alpha value is -0.380. The highest BCUT2D eigenvalue weighted by Gasteiger charge is 2.21. The second kappa shape index (κ2) is 9.51. The third-order valence-electron chi connectivity index (χ3n) is 3.74. The van der Waals surface area contributed by atoms with Crippen LogP contribution in [0.1, 0.15) is 63.9 Å². The van der Waals surface area contributed by atoms with Crippen molar-refractivity contribution in [1.29, 1.82) is 0 Å². The van der Waals surface area contributed by atoms with Gasteiger partial charge in [0.05, 0.1) is 6.61 Å². The fourth-order valence-electron chi connectivity index (χ4n) is 2.22. The highest BCUT2D eigenvalue weighted by Crippen LogP contribution is 2.27. The van der Waals surface area contributed by atoms with Crippen LogP contribution in [0.3, 0.4) is 0 Å². The molecule has 19 heavy (non-hydrogen) atoms. The molecule has 1 aromatic heterocycles. The van der Waals surface area contributed by atoms with Crippen molar-refractivity contribution in [2.24, 2.45) is 11.7 Å². The van der Waals surface area contributed by atoms with Gasteiger partial charge in [0.2, 0.25) is 0 Å². The Kier molecular flexibility index (Phi) is 8.35. The van der Waals surface area contributed by atoms with Crippen LogP contribution in [0.4, 0.5) is 0 Å². The van der Waals surface area contributed by atoms with E-state index in [4.69, 9.17) is 10.5 Å². The Morgan fingerprint density at radius 2 is 2.05 bits per heavy atom. The van der Waals surface area contributed by atoms with Gasteiger partial charge in [0, 0.05) is 10.9 Å². The molecular weight excluding hydrogens is 254 g/mol. The lowest BCUT2D eigenvalue weighted by molar-refractivity contribution is 0.0108. The molecule has 110 valence electrons. The molecule has 0 amide bonds. The molecule has 2 nitrogen and oxygen atoms in total. The van der Waals surface area contributed by atoms with E-state index in [0.29, 0.717) is 5.92 Å². The maximum absolute atomic E-state index is 6.22. The van der Waals surface area contributed by atoms with Crippen molar-refractivity contribution in [3.05, 3.63) is 22.4 Å². The fraction of sp³-hybridized carbons (Fsp3) is 0.750. The van der Waals surface area contributed by atoms with Crippen LogP contribution in [0, 0.1) is 5.92 Å². The molecule has 3 atom stereocenters. The summed E-state index contributed by atoms with van der Waals surface area (Å²) in [6.07, 6.45) is 6.05. The molecule has 0 saturated heterocycles. The van der Waals surface area contributed by atoms with E-state index in [9.17, 15) is 0 Å². The van der Waals surface area contributed by atoms with Crippen molar-refractivity contribution in [3.8, 4) is 0 Å². The summed E-state index contributed by atoms with van der Waals surface area (Å²) < 4.78 is 6.17. The quantitative estimate of drug-likeness (QED) is 0.672. The van der Waals surface area contributed by atoms with Crippen LogP contribution in [-0.2, 0) is 4.74 Å². The molecule has 1 aromatic rings. The van der Waals surface area contributed by atoms with Crippen molar-refractivity contribution < 1.29 is 4.74 Å². The maximum Gasteiger partial charge on any atom is 0.107 e. The highest BCUT2D eigenvalue weighted by atomic mass is 32.1. The second-order valence-corrected chi connectivity index (χ2v) is 6.24. The standard InChI is InChI=1S/C16H29NOS/c1-4-7-9-13(5-2)12-18-16(14(17)6-3)15-10-8-11-19-15/h8,10-11,13-14,16H,4-7,9,12,17H2,1-3H3. The van der Waals surface area contributed by atoms with Crippen LogP contribution in [0.25, 0.3) is 0 Å². The van der Waals surface area contributed by atoms with E-state index in [0.717, 1.165) is 13.0 Å². The average molecular weight is 283 g/mol. The van der Waals surface area contributed by atoms with Gasteiger partial charge in [-0.2, -0.15) is 0 Å². The number of thiophene rings is 1. The molecule has 0 bridgehead atoms. The Bertz CT molecular complexity index is 313. The molecule has 1 rings (SSSR count). The average Bonchev–Trinajstić information content (AvgIpc) is 2.96. The summed E-state index contributed by atoms with van der Waals surface area (Å²) in [6.45, 7) is 7.47. The molecule has 0 spiro atoms. The minimum atomic E-state index is 0.0701. The van der Waals surface area contributed by atoms with Crippen molar-refractivity contribution in [2.75, 3.05) is 6.61 Å². The van der Waals surface area contributed by atoms with Crippen LogP contribution < -0.4 is 5.73 Å². The van der Waals surface area contributed by atoms with E-state index in [1.165, 1.54) is 30.6 Å². The number of unbranched alkanes of at least 4 members (excludes halogenated alkanes) is 1. The zero-order valence-corrected chi connectivity index (χ0v) is 13.4. The first-order valence-electron chi connectivity index (χ1n) is 7.63. The molecular formula is C16H29NOS. The minimum absolute atomic E-state index is 0.0701. The summed E-state index contributed by atoms with van der Waals surface area (Å²) in [5, 5.41) is 2.10. The number of ether oxygens (including phenoxy) is 1. The molecule has 0 fully saturated rings. The zero-order valence-electron chi connectivity index (χ0n) is 12.6. The van der Waals surface area contributed by atoms with Crippen LogP contribution in [-0.4, -0.2) is 12.6 Å². The van der Waals surface area contributed by atoms with E-state index in [-0.39, 0.29) is 12.1 Å². The highest BCUT2D eigenvalue weighted by molar-refractivity contribution is 7.10. The van der Waals surface area contributed by atoms with E-state index in [1.54, 1.807) is 11.3 Å².